The maximum absolute atomic E-state index is 13.7. The fourth-order valence-electron chi connectivity index (χ4n) is 2.62. The first-order chi connectivity index (χ1) is 8.89. The highest BCUT2D eigenvalue weighted by Crippen LogP contribution is 2.21. The van der Waals surface area contributed by atoms with Gasteiger partial charge in [-0.3, -0.25) is 4.90 Å². The predicted octanol–water partition coefficient (Wildman–Crippen LogP) is 2.93. The van der Waals surface area contributed by atoms with E-state index in [9.17, 15) is 8.78 Å². The van der Waals surface area contributed by atoms with E-state index in [0.29, 0.717) is 12.6 Å². The molecule has 1 aliphatic rings. The van der Waals surface area contributed by atoms with Crippen LogP contribution >= 0.6 is 0 Å². The van der Waals surface area contributed by atoms with Gasteiger partial charge in [-0.05, 0) is 45.9 Å². The maximum atomic E-state index is 13.7. The molecule has 1 aromatic carbocycles. The Hall–Kier alpha value is -1.00. The fraction of sp³-hybridized carbons (Fsp3) is 0.600. The van der Waals surface area contributed by atoms with Gasteiger partial charge in [0.2, 0.25) is 0 Å². The number of rotatable bonds is 2. The molecule has 19 heavy (non-hydrogen) atoms. The van der Waals surface area contributed by atoms with Crippen LogP contribution in [0.4, 0.5) is 8.78 Å². The SMILES string of the molecule is CC1CCNC(C)(C)CN1Cc1c(F)cccc1F. The first kappa shape index (κ1) is 14.4. The fourth-order valence-corrected chi connectivity index (χ4v) is 2.62. The van der Waals surface area contributed by atoms with Crippen LogP contribution in [0.5, 0.6) is 0 Å². The second-order valence-corrected chi connectivity index (χ2v) is 6.05. The average Bonchev–Trinajstić information content (AvgIpc) is 2.43. The molecule has 0 bridgehead atoms. The van der Waals surface area contributed by atoms with Crippen LogP contribution in [0.3, 0.4) is 0 Å². The molecule has 2 rings (SSSR count). The number of halogens is 2. The van der Waals surface area contributed by atoms with Crippen molar-refractivity contribution >= 4 is 0 Å². The molecule has 1 saturated heterocycles. The minimum Gasteiger partial charge on any atom is -0.310 e. The summed E-state index contributed by atoms with van der Waals surface area (Å²) in [4.78, 5) is 2.15. The van der Waals surface area contributed by atoms with E-state index in [0.717, 1.165) is 19.5 Å². The van der Waals surface area contributed by atoms with Crippen LogP contribution in [0.25, 0.3) is 0 Å². The van der Waals surface area contributed by atoms with Crippen molar-refractivity contribution in [2.45, 2.75) is 45.3 Å². The van der Waals surface area contributed by atoms with Crippen molar-refractivity contribution < 1.29 is 8.78 Å². The molecule has 0 radical (unpaired) electrons. The summed E-state index contributed by atoms with van der Waals surface area (Å²) in [6, 6.07) is 4.37. The van der Waals surface area contributed by atoms with E-state index in [2.05, 4.69) is 31.0 Å². The van der Waals surface area contributed by atoms with Crippen molar-refractivity contribution in [2.24, 2.45) is 0 Å². The van der Waals surface area contributed by atoms with Gasteiger partial charge in [-0.1, -0.05) is 6.07 Å². The third-order valence-electron chi connectivity index (χ3n) is 3.81. The third kappa shape index (κ3) is 3.51. The molecule has 0 aliphatic carbocycles. The monoisotopic (exact) mass is 268 g/mol. The quantitative estimate of drug-likeness (QED) is 0.887. The summed E-state index contributed by atoms with van der Waals surface area (Å²) in [5.41, 5.74) is 0.138. The van der Waals surface area contributed by atoms with Crippen LogP contribution in [-0.2, 0) is 6.54 Å². The molecule has 1 atom stereocenters. The standard InChI is InChI=1S/C15H22F2N2/c1-11-7-8-18-15(2,3)10-19(11)9-12-13(16)5-4-6-14(12)17/h4-6,11,18H,7-10H2,1-3H3. The molecule has 0 aromatic heterocycles. The second kappa shape index (κ2) is 5.55. The van der Waals surface area contributed by atoms with E-state index >= 15 is 0 Å². The van der Waals surface area contributed by atoms with E-state index in [4.69, 9.17) is 0 Å². The van der Waals surface area contributed by atoms with Gasteiger partial charge >= 0.3 is 0 Å². The first-order valence-electron chi connectivity index (χ1n) is 6.81. The Morgan fingerprint density at radius 1 is 1.32 bits per heavy atom. The van der Waals surface area contributed by atoms with Gasteiger partial charge in [-0.2, -0.15) is 0 Å². The molecule has 0 saturated carbocycles. The Labute approximate surface area is 113 Å². The highest BCUT2D eigenvalue weighted by atomic mass is 19.1. The molecule has 1 aromatic rings. The van der Waals surface area contributed by atoms with Crippen LogP contribution in [0.15, 0.2) is 18.2 Å². The summed E-state index contributed by atoms with van der Waals surface area (Å²) in [5.74, 6) is -0.913. The van der Waals surface area contributed by atoms with Crippen LogP contribution in [0, 0.1) is 11.6 Å². The maximum Gasteiger partial charge on any atom is 0.130 e. The topological polar surface area (TPSA) is 15.3 Å². The number of benzene rings is 1. The molecule has 2 nitrogen and oxygen atoms in total. The van der Waals surface area contributed by atoms with E-state index in [1.54, 1.807) is 0 Å². The molecule has 1 heterocycles. The number of hydrogen-bond acceptors (Lipinski definition) is 2. The number of nitrogens with one attached hydrogen (secondary N) is 1. The van der Waals surface area contributed by atoms with E-state index < -0.39 is 11.6 Å². The third-order valence-corrected chi connectivity index (χ3v) is 3.81. The lowest BCUT2D eigenvalue weighted by molar-refractivity contribution is 0.169. The summed E-state index contributed by atoms with van der Waals surface area (Å²) in [6.45, 7) is 8.39. The zero-order valence-corrected chi connectivity index (χ0v) is 11.8. The Bertz CT molecular complexity index is 426. The van der Waals surface area contributed by atoms with Gasteiger partial charge in [-0.25, -0.2) is 8.78 Å². The Kier molecular flexibility index (Phi) is 4.21. The molecule has 1 fully saturated rings. The van der Waals surface area contributed by atoms with Crippen molar-refractivity contribution in [1.29, 1.82) is 0 Å². The zero-order valence-electron chi connectivity index (χ0n) is 11.8. The normalized spacial score (nSPS) is 24.2. The van der Waals surface area contributed by atoms with Gasteiger partial charge in [-0.15, -0.1) is 0 Å². The van der Waals surface area contributed by atoms with E-state index in [1.165, 1.54) is 18.2 Å². The lowest BCUT2D eigenvalue weighted by Crippen LogP contribution is -2.47. The van der Waals surface area contributed by atoms with Crippen LogP contribution in [-0.4, -0.2) is 29.6 Å². The van der Waals surface area contributed by atoms with Crippen molar-refractivity contribution in [3.63, 3.8) is 0 Å². The van der Waals surface area contributed by atoms with E-state index in [1.807, 2.05) is 0 Å². The summed E-state index contributed by atoms with van der Waals surface area (Å²) < 4.78 is 27.5. The number of nitrogens with zero attached hydrogens (tertiary/aromatic N) is 1. The zero-order chi connectivity index (χ0) is 14.0. The minimum atomic E-state index is -0.456. The predicted molar refractivity (Wildman–Crippen MR) is 72.9 cm³/mol. The lowest BCUT2D eigenvalue weighted by Gasteiger charge is -2.33. The minimum absolute atomic E-state index is 0.0352. The van der Waals surface area contributed by atoms with Gasteiger partial charge in [0.05, 0.1) is 0 Å². The molecule has 1 N–H and O–H groups in total. The highest BCUT2D eigenvalue weighted by molar-refractivity contribution is 5.19. The van der Waals surface area contributed by atoms with Crippen LogP contribution in [0.1, 0.15) is 32.8 Å². The van der Waals surface area contributed by atoms with Gasteiger partial charge in [0.15, 0.2) is 0 Å². The average molecular weight is 268 g/mol. The van der Waals surface area contributed by atoms with E-state index in [-0.39, 0.29) is 11.1 Å². The molecule has 0 spiro atoms. The lowest BCUT2D eigenvalue weighted by atomic mass is 10.0. The molecular weight excluding hydrogens is 246 g/mol. The Morgan fingerprint density at radius 2 is 1.95 bits per heavy atom. The van der Waals surface area contributed by atoms with Crippen molar-refractivity contribution in [1.82, 2.24) is 10.2 Å². The molecule has 1 aliphatic heterocycles. The van der Waals surface area contributed by atoms with Crippen molar-refractivity contribution in [3.8, 4) is 0 Å². The van der Waals surface area contributed by atoms with Gasteiger partial charge < -0.3 is 5.32 Å². The van der Waals surface area contributed by atoms with Gasteiger partial charge in [0.1, 0.15) is 11.6 Å². The Morgan fingerprint density at radius 3 is 2.58 bits per heavy atom. The van der Waals surface area contributed by atoms with Crippen LogP contribution < -0.4 is 5.32 Å². The second-order valence-electron chi connectivity index (χ2n) is 6.05. The number of hydrogen-bond donors (Lipinski definition) is 1. The summed E-state index contributed by atoms with van der Waals surface area (Å²) in [7, 11) is 0. The van der Waals surface area contributed by atoms with Gasteiger partial charge in [0.25, 0.3) is 0 Å². The molecule has 4 heteroatoms. The van der Waals surface area contributed by atoms with Crippen LogP contribution in [0.2, 0.25) is 0 Å². The Balaban J connectivity index is 2.20. The smallest absolute Gasteiger partial charge is 0.130 e. The summed E-state index contributed by atoms with van der Waals surface area (Å²) in [5, 5.41) is 3.47. The summed E-state index contributed by atoms with van der Waals surface area (Å²) >= 11 is 0. The molecule has 106 valence electrons. The largest absolute Gasteiger partial charge is 0.310 e. The first-order valence-corrected chi connectivity index (χ1v) is 6.81. The van der Waals surface area contributed by atoms with Gasteiger partial charge in [0, 0.05) is 30.2 Å². The summed E-state index contributed by atoms with van der Waals surface area (Å²) in [6.07, 6.45) is 0.986. The molecule has 1 unspecified atom stereocenters. The van der Waals surface area contributed by atoms with Crippen molar-refractivity contribution in [2.75, 3.05) is 13.1 Å². The molecular formula is C15H22F2N2. The molecule has 0 amide bonds. The van der Waals surface area contributed by atoms with Crippen molar-refractivity contribution in [3.05, 3.63) is 35.4 Å². The highest BCUT2D eigenvalue weighted by Gasteiger charge is 2.28.